The van der Waals surface area contributed by atoms with Crippen molar-refractivity contribution in [2.24, 2.45) is 0 Å². The highest BCUT2D eigenvalue weighted by Crippen LogP contribution is 2.43. The van der Waals surface area contributed by atoms with Crippen molar-refractivity contribution < 1.29 is 4.74 Å². The zero-order valence-corrected chi connectivity index (χ0v) is 16.4. The Kier molecular flexibility index (Phi) is 4.50. The van der Waals surface area contributed by atoms with Gasteiger partial charge in [0.1, 0.15) is 5.82 Å². The van der Waals surface area contributed by atoms with Gasteiger partial charge in [-0.15, -0.1) is 0 Å². The molecule has 1 saturated carbocycles. The number of rotatable bonds is 5. The van der Waals surface area contributed by atoms with Gasteiger partial charge in [0.05, 0.1) is 34.0 Å². The molecule has 1 N–H and O–H groups in total. The third kappa shape index (κ3) is 3.27. The molecular formula is C22H19ClN4O2. The van der Waals surface area contributed by atoms with Gasteiger partial charge in [-0.1, -0.05) is 23.7 Å². The topological polar surface area (TPSA) is 79.9 Å². The molecule has 5 rings (SSSR count). The molecule has 1 aliphatic carbocycles. The molecule has 2 heterocycles. The second-order valence-electron chi connectivity index (χ2n) is 7.53. The minimum atomic E-state index is -0.408. The molecular weight excluding hydrogens is 388 g/mol. The minimum absolute atomic E-state index is 0.124. The van der Waals surface area contributed by atoms with Crippen LogP contribution in [0.15, 0.2) is 41.2 Å². The fourth-order valence-electron chi connectivity index (χ4n) is 3.77. The van der Waals surface area contributed by atoms with E-state index in [0.717, 1.165) is 36.8 Å². The Hall–Kier alpha value is -2.88. The highest BCUT2D eigenvalue weighted by atomic mass is 35.5. The Morgan fingerprint density at radius 2 is 2.07 bits per heavy atom. The van der Waals surface area contributed by atoms with Crippen molar-refractivity contribution >= 4 is 28.3 Å². The number of fused-ring (bicyclic) bond motifs is 1. The SMILES string of the molecule is N#Cc1cc2c(NCC3CCO3)nc(=O)n(-c3ccccc3Cl)c2cc1C1CC1. The van der Waals surface area contributed by atoms with Crippen LogP contribution in [0.2, 0.25) is 5.02 Å². The van der Waals surface area contributed by atoms with Crippen LogP contribution in [0.4, 0.5) is 5.82 Å². The van der Waals surface area contributed by atoms with Crippen LogP contribution in [0.25, 0.3) is 16.6 Å². The molecule has 2 aliphatic rings. The van der Waals surface area contributed by atoms with E-state index < -0.39 is 5.69 Å². The summed E-state index contributed by atoms with van der Waals surface area (Å²) in [6, 6.07) is 13.3. The molecule has 0 bridgehead atoms. The quantitative estimate of drug-likeness (QED) is 0.693. The highest BCUT2D eigenvalue weighted by molar-refractivity contribution is 6.32. The Labute approximate surface area is 172 Å². The van der Waals surface area contributed by atoms with E-state index in [4.69, 9.17) is 16.3 Å². The van der Waals surface area contributed by atoms with Gasteiger partial charge in [-0.2, -0.15) is 10.2 Å². The maximum atomic E-state index is 13.0. The van der Waals surface area contributed by atoms with Crippen LogP contribution in [-0.4, -0.2) is 28.8 Å². The van der Waals surface area contributed by atoms with Gasteiger partial charge in [-0.25, -0.2) is 4.79 Å². The van der Waals surface area contributed by atoms with Gasteiger partial charge in [0.15, 0.2) is 0 Å². The van der Waals surface area contributed by atoms with Crippen LogP contribution in [0.5, 0.6) is 0 Å². The summed E-state index contributed by atoms with van der Waals surface area (Å²) in [7, 11) is 0. The van der Waals surface area contributed by atoms with Gasteiger partial charge in [0, 0.05) is 18.5 Å². The van der Waals surface area contributed by atoms with Crippen molar-refractivity contribution in [3.63, 3.8) is 0 Å². The zero-order chi connectivity index (χ0) is 20.0. The molecule has 1 unspecified atom stereocenters. The summed E-state index contributed by atoms with van der Waals surface area (Å²) >= 11 is 6.40. The van der Waals surface area contributed by atoms with E-state index in [1.165, 1.54) is 4.57 Å². The maximum Gasteiger partial charge on any atom is 0.354 e. The second kappa shape index (κ2) is 7.18. The summed E-state index contributed by atoms with van der Waals surface area (Å²) in [5.74, 6) is 0.847. The van der Waals surface area contributed by atoms with E-state index >= 15 is 0 Å². The molecule has 0 amide bonds. The van der Waals surface area contributed by atoms with Crippen LogP contribution in [0, 0.1) is 11.3 Å². The van der Waals surface area contributed by atoms with Crippen LogP contribution < -0.4 is 11.0 Å². The van der Waals surface area contributed by atoms with Crippen molar-refractivity contribution in [2.45, 2.75) is 31.3 Å². The number of anilines is 1. The highest BCUT2D eigenvalue weighted by Gasteiger charge is 2.28. The first kappa shape index (κ1) is 18.2. The molecule has 0 spiro atoms. The molecule has 6 nitrogen and oxygen atoms in total. The van der Waals surface area contributed by atoms with Crippen molar-refractivity contribution in [1.29, 1.82) is 5.26 Å². The van der Waals surface area contributed by atoms with E-state index in [1.54, 1.807) is 12.1 Å². The molecule has 2 aromatic carbocycles. The summed E-state index contributed by atoms with van der Waals surface area (Å²) in [6.07, 6.45) is 3.23. The van der Waals surface area contributed by atoms with Crippen LogP contribution >= 0.6 is 11.6 Å². The molecule has 1 aromatic heterocycles. The molecule has 3 aromatic rings. The first-order valence-corrected chi connectivity index (χ1v) is 10.1. The fraction of sp³-hybridized carbons (Fsp3) is 0.318. The number of ether oxygens (including phenoxy) is 1. The predicted octanol–water partition coefficient (Wildman–Crippen LogP) is 3.99. The summed E-state index contributed by atoms with van der Waals surface area (Å²) in [5.41, 5.74) is 2.50. The van der Waals surface area contributed by atoms with Crippen molar-refractivity contribution in [3.8, 4) is 11.8 Å². The molecule has 1 saturated heterocycles. The Morgan fingerprint density at radius 3 is 2.72 bits per heavy atom. The molecule has 29 heavy (non-hydrogen) atoms. The third-order valence-corrected chi connectivity index (χ3v) is 5.90. The molecule has 2 fully saturated rings. The summed E-state index contributed by atoms with van der Waals surface area (Å²) < 4.78 is 7.00. The van der Waals surface area contributed by atoms with Gasteiger partial charge in [0.25, 0.3) is 0 Å². The zero-order valence-electron chi connectivity index (χ0n) is 15.7. The summed E-state index contributed by atoms with van der Waals surface area (Å²) in [5, 5.41) is 14.1. The van der Waals surface area contributed by atoms with Crippen molar-refractivity contribution in [3.05, 3.63) is 63.0 Å². The number of para-hydroxylation sites is 1. The van der Waals surface area contributed by atoms with E-state index in [1.807, 2.05) is 24.3 Å². The lowest BCUT2D eigenvalue weighted by Crippen LogP contribution is -2.34. The van der Waals surface area contributed by atoms with Gasteiger partial charge >= 0.3 is 5.69 Å². The van der Waals surface area contributed by atoms with Crippen LogP contribution in [-0.2, 0) is 4.74 Å². The standard InChI is InChI=1S/C22H19ClN4O2/c23-18-3-1-2-4-19(18)27-20-10-16(13-5-6-13)14(11-24)9-17(20)21(26-22(27)28)25-12-15-7-8-29-15/h1-4,9-10,13,15H,5-8,12H2,(H,25,26,28). The first-order chi connectivity index (χ1) is 14.2. The molecule has 0 radical (unpaired) electrons. The van der Waals surface area contributed by atoms with Gasteiger partial charge in [0.2, 0.25) is 0 Å². The van der Waals surface area contributed by atoms with Gasteiger partial charge in [-0.05, 0) is 55.0 Å². The largest absolute Gasteiger partial charge is 0.376 e. The molecule has 146 valence electrons. The lowest BCUT2D eigenvalue weighted by molar-refractivity contribution is -0.0410. The molecule has 7 heteroatoms. The van der Waals surface area contributed by atoms with E-state index in [9.17, 15) is 10.1 Å². The number of benzene rings is 2. The van der Waals surface area contributed by atoms with Crippen LogP contribution in [0.1, 0.15) is 36.3 Å². The number of hydrogen-bond donors (Lipinski definition) is 1. The average Bonchev–Trinajstić information content (AvgIpc) is 3.52. The molecule has 1 aliphatic heterocycles. The number of hydrogen-bond acceptors (Lipinski definition) is 5. The van der Waals surface area contributed by atoms with Crippen molar-refractivity contribution in [1.82, 2.24) is 9.55 Å². The number of halogens is 1. The summed E-state index contributed by atoms with van der Waals surface area (Å²) in [6.45, 7) is 1.34. The predicted molar refractivity (Wildman–Crippen MR) is 112 cm³/mol. The lowest BCUT2D eigenvalue weighted by Gasteiger charge is -2.27. The minimum Gasteiger partial charge on any atom is -0.376 e. The van der Waals surface area contributed by atoms with Crippen molar-refractivity contribution in [2.75, 3.05) is 18.5 Å². The second-order valence-corrected chi connectivity index (χ2v) is 7.94. The number of nitriles is 1. The smallest absolute Gasteiger partial charge is 0.354 e. The monoisotopic (exact) mass is 406 g/mol. The van der Waals surface area contributed by atoms with Crippen LogP contribution in [0.3, 0.4) is 0 Å². The van der Waals surface area contributed by atoms with E-state index in [0.29, 0.717) is 40.1 Å². The number of nitrogens with zero attached hydrogens (tertiary/aromatic N) is 3. The first-order valence-electron chi connectivity index (χ1n) is 9.77. The number of nitrogens with one attached hydrogen (secondary N) is 1. The normalized spacial score (nSPS) is 18.3. The fourth-order valence-corrected chi connectivity index (χ4v) is 3.99. The Balaban J connectivity index is 1.75. The van der Waals surface area contributed by atoms with Gasteiger partial charge < -0.3 is 10.1 Å². The Bertz CT molecular complexity index is 1210. The summed E-state index contributed by atoms with van der Waals surface area (Å²) in [4.78, 5) is 17.3. The lowest BCUT2D eigenvalue weighted by atomic mass is 10.0. The van der Waals surface area contributed by atoms with E-state index in [-0.39, 0.29) is 6.10 Å². The maximum absolute atomic E-state index is 13.0. The van der Waals surface area contributed by atoms with E-state index in [2.05, 4.69) is 16.4 Å². The number of aromatic nitrogens is 2. The average molecular weight is 407 g/mol. The molecule has 1 atom stereocenters. The Morgan fingerprint density at radius 1 is 1.28 bits per heavy atom. The third-order valence-electron chi connectivity index (χ3n) is 5.58. The van der Waals surface area contributed by atoms with Gasteiger partial charge in [-0.3, -0.25) is 4.57 Å².